The van der Waals surface area contributed by atoms with Crippen LogP contribution in [0.15, 0.2) is 23.4 Å². The van der Waals surface area contributed by atoms with Gasteiger partial charge in [0.1, 0.15) is 10.4 Å². The highest BCUT2D eigenvalue weighted by Gasteiger charge is 2.41. The summed E-state index contributed by atoms with van der Waals surface area (Å²) in [5.74, 6) is -3.30. The van der Waals surface area contributed by atoms with Crippen LogP contribution in [0, 0.1) is 0 Å². The highest BCUT2D eigenvalue weighted by Crippen LogP contribution is 2.34. The van der Waals surface area contributed by atoms with Crippen molar-refractivity contribution in [2.45, 2.75) is 12.5 Å². The smallest absolute Gasteiger partial charge is 0.327 e. The summed E-state index contributed by atoms with van der Waals surface area (Å²) < 4.78 is 1.85. The van der Waals surface area contributed by atoms with Gasteiger partial charge in [-0.1, -0.05) is 24.0 Å². The van der Waals surface area contributed by atoms with E-state index in [2.05, 4.69) is 0 Å². The highest BCUT2D eigenvalue weighted by molar-refractivity contribution is 8.26. The molecule has 22 heavy (non-hydrogen) atoms. The minimum atomic E-state index is -1.51. The van der Waals surface area contributed by atoms with Crippen molar-refractivity contribution in [3.05, 3.63) is 28.9 Å². The van der Waals surface area contributed by atoms with Crippen molar-refractivity contribution in [2.75, 3.05) is 0 Å². The average molecular weight is 340 g/mol. The van der Waals surface area contributed by atoms with E-state index in [-0.39, 0.29) is 9.23 Å². The number of thiocarbonyl (C=S) groups is 1. The number of nitrogens with zero attached hydrogens (tertiary/aromatic N) is 2. The molecule has 1 amide bonds. The maximum absolute atomic E-state index is 12.3. The van der Waals surface area contributed by atoms with Gasteiger partial charge in [-0.3, -0.25) is 14.5 Å². The number of amides is 1. The van der Waals surface area contributed by atoms with Crippen LogP contribution in [0.25, 0.3) is 6.08 Å². The Kier molecular flexibility index (Phi) is 4.67. The SMILES string of the molecule is Cn1ccc(/C=C2/SC(=S)N([C@H](CC(=O)O)C(=O)O)C2=O)c1. The van der Waals surface area contributed by atoms with Crippen molar-refractivity contribution in [2.24, 2.45) is 7.05 Å². The Hall–Kier alpha value is -2.13. The lowest BCUT2D eigenvalue weighted by Gasteiger charge is -2.21. The molecular formula is C13H12N2O5S2. The van der Waals surface area contributed by atoms with Gasteiger partial charge in [0.25, 0.3) is 5.91 Å². The van der Waals surface area contributed by atoms with Gasteiger partial charge in [0.05, 0.1) is 11.3 Å². The maximum atomic E-state index is 12.3. The van der Waals surface area contributed by atoms with E-state index in [4.69, 9.17) is 22.4 Å². The van der Waals surface area contributed by atoms with Gasteiger partial charge in [-0.25, -0.2) is 4.79 Å². The first kappa shape index (κ1) is 16.2. The summed E-state index contributed by atoms with van der Waals surface area (Å²) in [7, 11) is 1.83. The molecule has 1 aromatic rings. The number of carboxylic acids is 2. The number of thioether (sulfide) groups is 1. The van der Waals surface area contributed by atoms with Crippen molar-refractivity contribution in [3.63, 3.8) is 0 Å². The van der Waals surface area contributed by atoms with Crippen LogP contribution < -0.4 is 0 Å². The van der Waals surface area contributed by atoms with Gasteiger partial charge >= 0.3 is 11.9 Å². The van der Waals surface area contributed by atoms with Crippen LogP contribution in [0.4, 0.5) is 0 Å². The summed E-state index contributed by atoms with van der Waals surface area (Å²) in [6.07, 6.45) is 4.48. The molecule has 1 fully saturated rings. The number of carbonyl (C=O) groups is 3. The third-order valence-electron chi connectivity index (χ3n) is 2.94. The van der Waals surface area contributed by atoms with Crippen molar-refractivity contribution >= 4 is 52.2 Å². The van der Waals surface area contributed by atoms with E-state index in [1.165, 1.54) is 0 Å². The van der Waals surface area contributed by atoms with E-state index in [1.54, 1.807) is 29.1 Å². The molecule has 0 bridgehead atoms. The second-order valence-electron chi connectivity index (χ2n) is 4.61. The first-order valence-corrected chi connectivity index (χ1v) is 7.35. The van der Waals surface area contributed by atoms with Crippen LogP contribution in [0.2, 0.25) is 0 Å². The van der Waals surface area contributed by atoms with Crippen molar-refractivity contribution in [1.29, 1.82) is 0 Å². The zero-order valence-electron chi connectivity index (χ0n) is 11.4. The zero-order valence-corrected chi connectivity index (χ0v) is 13.1. The van der Waals surface area contributed by atoms with Gasteiger partial charge in [-0.05, 0) is 17.7 Å². The van der Waals surface area contributed by atoms with Crippen molar-refractivity contribution in [3.8, 4) is 0 Å². The van der Waals surface area contributed by atoms with Crippen LogP contribution in [-0.4, -0.2) is 47.9 Å². The standard InChI is InChI=1S/C13H12N2O5S2/c1-14-3-2-7(6-14)4-9-11(18)15(13(21)22-9)8(12(19)20)5-10(16)17/h2-4,6,8H,5H2,1H3,(H,16,17)(H,19,20)/b9-4+/t8-/m1/s1. The summed E-state index contributed by atoms with van der Waals surface area (Å²) in [6, 6.07) is 0.282. The number of carbonyl (C=O) groups excluding carboxylic acids is 1. The van der Waals surface area contributed by atoms with E-state index in [9.17, 15) is 14.4 Å². The zero-order chi connectivity index (χ0) is 16.4. The largest absolute Gasteiger partial charge is 0.481 e. The Bertz CT molecular complexity index is 694. The Labute approximate surface area is 135 Å². The number of carboxylic acid groups (broad SMARTS) is 2. The van der Waals surface area contributed by atoms with E-state index < -0.39 is 30.3 Å². The molecule has 2 rings (SSSR count). The lowest BCUT2D eigenvalue weighted by molar-refractivity contribution is -0.150. The van der Waals surface area contributed by atoms with Crippen LogP contribution in [0.5, 0.6) is 0 Å². The third kappa shape index (κ3) is 3.37. The number of hydrogen-bond donors (Lipinski definition) is 2. The summed E-state index contributed by atoms with van der Waals surface area (Å²) in [5, 5.41) is 17.9. The summed E-state index contributed by atoms with van der Waals surface area (Å²) in [5.41, 5.74) is 0.771. The maximum Gasteiger partial charge on any atom is 0.327 e. The number of hydrogen-bond acceptors (Lipinski definition) is 5. The lowest BCUT2D eigenvalue weighted by atomic mass is 10.2. The van der Waals surface area contributed by atoms with Crippen LogP contribution in [0.3, 0.4) is 0 Å². The van der Waals surface area contributed by atoms with Gasteiger partial charge in [-0.15, -0.1) is 0 Å². The summed E-state index contributed by atoms with van der Waals surface area (Å²) in [6.45, 7) is 0. The average Bonchev–Trinajstić information content (AvgIpc) is 2.92. The molecule has 7 nitrogen and oxygen atoms in total. The molecule has 1 aromatic heterocycles. The number of aromatic nitrogens is 1. The molecule has 1 atom stereocenters. The first-order valence-electron chi connectivity index (χ1n) is 6.13. The molecule has 1 aliphatic heterocycles. The van der Waals surface area contributed by atoms with Crippen LogP contribution in [0.1, 0.15) is 12.0 Å². The fraction of sp³-hybridized carbons (Fsp3) is 0.231. The first-order chi connectivity index (χ1) is 10.3. The van der Waals surface area contributed by atoms with Gasteiger partial charge < -0.3 is 14.8 Å². The second-order valence-corrected chi connectivity index (χ2v) is 6.29. The number of rotatable bonds is 5. The Balaban J connectivity index is 2.29. The monoisotopic (exact) mass is 340 g/mol. The Morgan fingerprint density at radius 2 is 2.14 bits per heavy atom. The molecule has 1 aliphatic rings. The Morgan fingerprint density at radius 1 is 1.45 bits per heavy atom. The van der Waals surface area contributed by atoms with Crippen LogP contribution >= 0.6 is 24.0 Å². The molecule has 2 N–H and O–H groups in total. The molecule has 0 spiro atoms. The summed E-state index contributed by atoms with van der Waals surface area (Å²) >= 11 is 5.99. The molecule has 0 aliphatic carbocycles. The number of aliphatic carboxylic acids is 2. The minimum Gasteiger partial charge on any atom is -0.481 e. The predicted molar refractivity (Wildman–Crippen MR) is 84.1 cm³/mol. The quantitative estimate of drug-likeness (QED) is 0.613. The molecule has 0 saturated carbocycles. The normalized spacial score (nSPS) is 18.0. The fourth-order valence-corrected chi connectivity index (χ4v) is 3.32. The summed E-state index contributed by atoms with van der Waals surface area (Å²) in [4.78, 5) is 35.5. The van der Waals surface area contributed by atoms with Gasteiger partial charge in [0.2, 0.25) is 0 Å². The Morgan fingerprint density at radius 3 is 2.64 bits per heavy atom. The van der Waals surface area contributed by atoms with E-state index in [0.717, 1.165) is 22.2 Å². The van der Waals surface area contributed by atoms with Gasteiger partial charge in [0, 0.05) is 19.4 Å². The molecule has 0 aromatic carbocycles. The molecule has 2 heterocycles. The molecule has 116 valence electrons. The van der Waals surface area contributed by atoms with Gasteiger partial charge in [-0.2, -0.15) is 0 Å². The number of aryl methyl sites for hydroxylation is 1. The topological polar surface area (TPSA) is 99.8 Å². The van der Waals surface area contributed by atoms with Crippen molar-refractivity contribution in [1.82, 2.24) is 9.47 Å². The third-order valence-corrected chi connectivity index (χ3v) is 4.27. The lowest BCUT2D eigenvalue weighted by Crippen LogP contribution is -2.45. The molecule has 0 unspecified atom stereocenters. The van der Waals surface area contributed by atoms with E-state index in [0.29, 0.717) is 0 Å². The predicted octanol–water partition coefficient (Wildman–Crippen LogP) is 1.15. The minimum absolute atomic E-state index is 0.0424. The van der Waals surface area contributed by atoms with Crippen LogP contribution in [-0.2, 0) is 21.4 Å². The molecule has 9 heteroatoms. The molecular weight excluding hydrogens is 328 g/mol. The fourth-order valence-electron chi connectivity index (χ4n) is 1.96. The van der Waals surface area contributed by atoms with E-state index in [1.807, 2.05) is 7.05 Å². The van der Waals surface area contributed by atoms with Gasteiger partial charge in [0.15, 0.2) is 0 Å². The highest BCUT2D eigenvalue weighted by atomic mass is 32.2. The second kappa shape index (κ2) is 6.32. The van der Waals surface area contributed by atoms with E-state index >= 15 is 0 Å². The molecule has 0 radical (unpaired) electrons. The van der Waals surface area contributed by atoms with Crippen molar-refractivity contribution < 1.29 is 24.6 Å². The molecule has 1 saturated heterocycles.